The van der Waals surface area contributed by atoms with Crippen LogP contribution in [0.15, 0.2) is 83.9 Å². The van der Waals surface area contributed by atoms with Crippen LogP contribution in [0.1, 0.15) is 41.5 Å². The van der Waals surface area contributed by atoms with Gasteiger partial charge in [0.15, 0.2) is 6.10 Å². The Morgan fingerprint density at radius 1 is 0.974 bits per heavy atom. The van der Waals surface area contributed by atoms with Crippen LogP contribution in [0.4, 0.5) is 5.69 Å². The third-order valence-electron chi connectivity index (χ3n) is 6.66. The highest BCUT2D eigenvalue weighted by Gasteiger charge is 2.39. The zero-order valence-corrected chi connectivity index (χ0v) is 22.4. The van der Waals surface area contributed by atoms with Crippen LogP contribution in [0, 0.1) is 0 Å². The Balaban J connectivity index is 1.63. The third-order valence-corrected chi connectivity index (χ3v) is 8.45. The number of anilines is 1. The number of benzene rings is 3. The highest BCUT2D eigenvalue weighted by atomic mass is 32.2. The second-order valence-corrected chi connectivity index (χ2v) is 12.0. The standard InChI is InChI=1S/C29H28N2O6S/c1-29(2,3)19-14-15-25-24(16-19)31(38(34,35)20-10-6-5-7-11-20)18-26(37-25)27(32)30-17-22(28(33)36-4)21-12-8-9-13-23(21)30/h5-17,26H,18H2,1-4H3. The highest BCUT2D eigenvalue weighted by molar-refractivity contribution is 7.92. The molecular weight excluding hydrogens is 504 g/mol. The maximum absolute atomic E-state index is 13.9. The summed E-state index contributed by atoms with van der Waals surface area (Å²) in [6.45, 7) is 5.88. The Bertz CT molecular complexity index is 1650. The van der Waals surface area contributed by atoms with Gasteiger partial charge in [-0.1, -0.05) is 63.2 Å². The maximum atomic E-state index is 13.9. The molecule has 1 atom stereocenters. The first-order valence-electron chi connectivity index (χ1n) is 12.1. The van der Waals surface area contributed by atoms with Gasteiger partial charge >= 0.3 is 5.97 Å². The average Bonchev–Trinajstić information content (AvgIpc) is 3.31. The molecule has 4 aromatic rings. The van der Waals surface area contributed by atoms with Gasteiger partial charge in [-0.25, -0.2) is 13.2 Å². The van der Waals surface area contributed by atoms with Gasteiger partial charge < -0.3 is 9.47 Å². The minimum atomic E-state index is -4.02. The number of esters is 1. The van der Waals surface area contributed by atoms with Gasteiger partial charge in [-0.3, -0.25) is 13.7 Å². The molecule has 0 amide bonds. The number of carbonyl (C=O) groups is 2. The largest absolute Gasteiger partial charge is 0.476 e. The number of sulfonamides is 1. The Morgan fingerprint density at radius 3 is 2.34 bits per heavy atom. The van der Waals surface area contributed by atoms with Crippen molar-refractivity contribution in [3.05, 3.63) is 90.1 Å². The number of nitrogens with zero attached hydrogens (tertiary/aromatic N) is 2. The molecule has 3 aromatic carbocycles. The van der Waals surface area contributed by atoms with Crippen molar-refractivity contribution in [1.29, 1.82) is 0 Å². The number of hydrogen-bond donors (Lipinski definition) is 0. The third kappa shape index (κ3) is 4.32. The summed E-state index contributed by atoms with van der Waals surface area (Å²) in [6.07, 6.45) is 0.249. The number of para-hydroxylation sites is 1. The molecule has 9 heteroatoms. The van der Waals surface area contributed by atoms with Crippen LogP contribution in [0.2, 0.25) is 0 Å². The van der Waals surface area contributed by atoms with Crippen LogP contribution in [0.3, 0.4) is 0 Å². The number of hydrogen-bond acceptors (Lipinski definition) is 6. The fourth-order valence-electron chi connectivity index (χ4n) is 4.58. The van der Waals surface area contributed by atoms with Crippen LogP contribution < -0.4 is 9.04 Å². The quantitative estimate of drug-likeness (QED) is 0.343. The van der Waals surface area contributed by atoms with Crippen LogP contribution in [0.25, 0.3) is 10.9 Å². The molecule has 1 aromatic heterocycles. The lowest BCUT2D eigenvalue weighted by atomic mass is 9.86. The molecule has 0 saturated heterocycles. The molecule has 0 spiro atoms. The van der Waals surface area contributed by atoms with Gasteiger partial charge in [0, 0.05) is 11.6 Å². The molecule has 0 N–H and O–H groups in total. The SMILES string of the molecule is COC(=O)c1cn(C(=O)C2CN(S(=O)(=O)c3ccccc3)c3cc(C(C)(C)C)ccc3O2)c2ccccc12. The van der Waals surface area contributed by atoms with E-state index in [0.717, 1.165) is 5.56 Å². The Hall–Kier alpha value is -4.11. The van der Waals surface area contributed by atoms with Gasteiger partial charge in [0.1, 0.15) is 5.75 Å². The summed E-state index contributed by atoms with van der Waals surface area (Å²) in [5.74, 6) is -0.799. The van der Waals surface area contributed by atoms with Crippen molar-refractivity contribution in [3.63, 3.8) is 0 Å². The van der Waals surface area contributed by atoms with Crippen LogP contribution in [-0.2, 0) is 20.2 Å². The Morgan fingerprint density at radius 2 is 1.66 bits per heavy atom. The number of fused-ring (bicyclic) bond motifs is 2. The molecule has 5 rings (SSSR count). The van der Waals surface area contributed by atoms with Crippen LogP contribution in [-0.4, -0.2) is 44.6 Å². The van der Waals surface area contributed by atoms with E-state index in [1.54, 1.807) is 54.6 Å². The van der Waals surface area contributed by atoms with E-state index >= 15 is 0 Å². The first-order chi connectivity index (χ1) is 18.0. The average molecular weight is 533 g/mol. The number of rotatable bonds is 4. The molecule has 8 nitrogen and oxygen atoms in total. The van der Waals surface area contributed by atoms with E-state index in [-0.39, 0.29) is 28.2 Å². The van der Waals surface area contributed by atoms with E-state index in [2.05, 4.69) is 0 Å². The van der Waals surface area contributed by atoms with Crippen molar-refractivity contribution in [1.82, 2.24) is 4.57 Å². The Kier molecular flexibility index (Phi) is 6.27. The summed E-state index contributed by atoms with van der Waals surface area (Å²) in [5, 5.41) is 0.549. The van der Waals surface area contributed by atoms with Gasteiger partial charge in [-0.05, 0) is 41.3 Å². The molecule has 1 unspecified atom stereocenters. The molecular formula is C29H28N2O6S. The van der Waals surface area contributed by atoms with Crippen LogP contribution in [0.5, 0.6) is 5.75 Å². The zero-order valence-electron chi connectivity index (χ0n) is 21.5. The zero-order chi connectivity index (χ0) is 27.2. The molecule has 1 aliphatic heterocycles. The fourth-order valence-corrected chi connectivity index (χ4v) is 6.07. The summed E-state index contributed by atoms with van der Waals surface area (Å²) < 4.78 is 41.3. The minimum absolute atomic E-state index is 0.111. The van der Waals surface area contributed by atoms with Crippen LogP contribution >= 0.6 is 0 Å². The van der Waals surface area contributed by atoms with Crippen molar-refractivity contribution in [3.8, 4) is 5.75 Å². The number of aromatic nitrogens is 1. The van der Waals surface area contributed by atoms with Gasteiger partial charge in [0.25, 0.3) is 15.9 Å². The lowest BCUT2D eigenvalue weighted by molar-refractivity contribution is 0.0602. The predicted octanol–water partition coefficient (Wildman–Crippen LogP) is 5.02. The molecule has 2 heterocycles. The van der Waals surface area contributed by atoms with Gasteiger partial charge in [0.2, 0.25) is 0 Å². The molecule has 0 radical (unpaired) electrons. The van der Waals surface area contributed by atoms with Crippen molar-refractivity contribution in [2.75, 3.05) is 18.0 Å². The normalized spacial score (nSPS) is 15.6. The van der Waals surface area contributed by atoms with E-state index < -0.39 is 28.0 Å². The first-order valence-corrected chi connectivity index (χ1v) is 13.6. The molecule has 196 valence electrons. The fraction of sp³-hybridized carbons (Fsp3) is 0.241. The first kappa shape index (κ1) is 25.5. The molecule has 38 heavy (non-hydrogen) atoms. The lowest BCUT2D eigenvalue weighted by Gasteiger charge is -2.36. The van der Waals surface area contributed by atoms with Crippen molar-refractivity contribution in [2.24, 2.45) is 0 Å². The molecule has 0 fully saturated rings. The van der Waals surface area contributed by atoms with Gasteiger partial charge in [-0.15, -0.1) is 0 Å². The molecule has 1 aliphatic rings. The Labute approximate surface area is 221 Å². The summed E-state index contributed by atoms with van der Waals surface area (Å²) >= 11 is 0. The van der Waals surface area contributed by atoms with E-state index in [1.165, 1.54) is 34.3 Å². The molecule has 0 aliphatic carbocycles. The van der Waals surface area contributed by atoms with E-state index in [4.69, 9.17) is 9.47 Å². The minimum Gasteiger partial charge on any atom is -0.476 e. The second-order valence-electron chi connectivity index (χ2n) is 10.1. The smallest absolute Gasteiger partial charge is 0.340 e. The summed E-state index contributed by atoms with van der Waals surface area (Å²) in [4.78, 5) is 26.3. The highest BCUT2D eigenvalue weighted by Crippen LogP contribution is 2.40. The maximum Gasteiger partial charge on any atom is 0.340 e. The molecule has 0 bridgehead atoms. The van der Waals surface area contributed by atoms with Crippen molar-refractivity contribution in [2.45, 2.75) is 37.2 Å². The summed E-state index contributed by atoms with van der Waals surface area (Å²) in [5.41, 5.74) is 1.79. The second kappa shape index (κ2) is 9.33. The lowest BCUT2D eigenvalue weighted by Crippen LogP contribution is -2.48. The topological polar surface area (TPSA) is 94.9 Å². The van der Waals surface area contributed by atoms with Crippen molar-refractivity contribution >= 4 is 38.5 Å². The number of carbonyl (C=O) groups excluding carboxylic acids is 2. The van der Waals surface area contributed by atoms with Crippen molar-refractivity contribution < 1.29 is 27.5 Å². The van der Waals surface area contributed by atoms with Gasteiger partial charge in [0.05, 0.1) is 35.3 Å². The number of methoxy groups -OCH3 is 1. The number of ether oxygens (including phenoxy) is 2. The van der Waals surface area contributed by atoms with E-state index in [0.29, 0.717) is 16.6 Å². The van der Waals surface area contributed by atoms with E-state index in [1.807, 2.05) is 26.8 Å². The monoisotopic (exact) mass is 532 g/mol. The molecule has 0 saturated carbocycles. The predicted molar refractivity (Wildman–Crippen MR) is 144 cm³/mol. The summed E-state index contributed by atoms with van der Waals surface area (Å²) in [6, 6.07) is 20.4. The van der Waals surface area contributed by atoms with E-state index in [9.17, 15) is 18.0 Å². The van der Waals surface area contributed by atoms with Gasteiger partial charge in [-0.2, -0.15) is 0 Å². The summed E-state index contributed by atoms with van der Waals surface area (Å²) in [7, 11) is -2.75.